The maximum Gasteiger partial charge on any atom is 0.162 e. The van der Waals surface area contributed by atoms with Crippen LogP contribution in [0.4, 0.5) is 0 Å². The van der Waals surface area contributed by atoms with Crippen LogP contribution >= 0.6 is 28.1 Å². The molecule has 0 aliphatic heterocycles. The minimum atomic E-state index is 0.0576. The molecule has 2 N–H and O–H groups in total. The Morgan fingerprint density at radius 2 is 2.21 bits per heavy atom. The molecule has 6 heteroatoms. The van der Waals surface area contributed by atoms with Gasteiger partial charge in [0, 0.05) is 4.47 Å². The second-order valence-electron chi connectivity index (χ2n) is 3.49. The van der Waals surface area contributed by atoms with E-state index >= 15 is 0 Å². The summed E-state index contributed by atoms with van der Waals surface area (Å²) in [7, 11) is 1.55. The molecule has 0 aliphatic carbocycles. The Kier molecular flexibility index (Phi) is 5.80. The molecule has 1 aromatic carbocycles. The molecule has 0 saturated heterocycles. The molecule has 0 spiro atoms. The van der Waals surface area contributed by atoms with Crippen LogP contribution in [0.2, 0.25) is 0 Å². The molecule has 0 unspecified atom stereocenters. The quantitative estimate of drug-likeness (QED) is 0.506. The number of benzene rings is 1. The fourth-order valence-corrected chi connectivity index (χ4v) is 1.94. The highest BCUT2D eigenvalue weighted by Crippen LogP contribution is 2.34. The lowest BCUT2D eigenvalue weighted by Gasteiger charge is -2.11. The van der Waals surface area contributed by atoms with Gasteiger partial charge in [0.15, 0.2) is 11.5 Å². The number of ether oxygens (including phenoxy) is 2. The average molecular weight is 341 g/mol. The summed E-state index contributed by atoms with van der Waals surface area (Å²) in [6, 6.07) is 5.49. The molecule has 0 atom stereocenters. The van der Waals surface area contributed by atoms with Crippen molar-refractivity contribution in [3.8, 4) is 17.6 Å². The van der Waals surface area contributed by atoms with E-state index in [2.05, 4.69) is 15.9 Å². The van der Waals surface area contributed by atoms with Crippen molar-refractivity contribution < 1.29 is 9.47 Å². The van der Waals surface area contributed by atoms with Gasteiger partial charge in [-0.2, -0.15) is 5.26 Å². The van der Waals surface area contributed by atoms with Gasteiger partial charge in [-0.25, -0.2) is 0 Å². The molecule has 0 aromatic heterocycles. The van der Waals surface area contributed by atoms with E-state index in [4.69, 9.17) is 32.7 Å². The van der Waals surface area contributed by atoms with Crippen LogP contribution in [0.5, 0.6) is 11.5 Å². The zero-order valence-electron chi connectivity index (χ0n) is 10.6. The molecule has 0 bridgehead atoms. The Morgan fingerprint density at radius 3 is 2.68 bits per heavy atom. The molecule has 19 heavy (non-hydrogen) atoms. The van der Waals surface area contributed by atoms with Gasteiger partial charge in [-0.1, -0.05) is 28.1 Å². The fourth-order valence-electron chi connectivity index (χ4n) is 1.40. The van der Waals surface area contributed by atoms with Crippen molar-refractivity contribution in [2.45, 2.75) is 6.92 Å². The predicted molar refractivity (Wildman–Crippen MR) is 82.2 cm³/mol. The highest BCUT2D eigenvalue weighted by Gasteiger charge is 2.10. The van der Waals surface area contributed by atoms with E-state index in [9.17, 15) is 0 Å². The number of hydrogen-bond acceptors (Lipinski definition) is 4. The predicted octanol–water partition coefficient (Wildman–Crippen LogP) is 3.05. The molecule has 100 valence electrons. The summed E-state index contributed by atoms with van der Waals surface area (Å²) >= 11 is 8.22. The molecule has 1 rings (SSSR count). The van der Waals surface area contributed by atoms with Crippen LogP contribution in [0.3, 0.4) is 0 Å². The number of methoxy groups -OCH3 is 1. The lowest BCUT2D eigenvalue weighted by Crippen LogP contribution is -2.09. The summed E-state index contributed by atoms with van der Waals surface area (Å²) < 4.78 is 11.5. The standard InChI is InChI=1S/C13H13BrN2O2S/c1-3-18-12-6-10(14)8(5-11(12)17-2)4-9(7-15)13(16)19/h4-6H,3H2,1-2H3,(H2,16,19)/b9-4-. The normalized spacial score (nSPS) is 10.7. The number of halogens is 1. The van der Waals surface area contributed by atoms with E-state index < -0.39 is 0 Å². The summed E-state index contributed by atoms with van der Waals surface area (Å²) in [6.45, 7) is 2.43. The van der Waals surface area contributed by atoms with Crippen molar-refractivity contribution in [1.29, 1.82) is 5.26 Å². The molecule has 0 fully saturated rings. The SMILES string of the molecule is CCOc1cc(Br)c(/C=C(/C#N)C(N)=S)cc1OC. The van der Waals surface area contributed by atoms with Crippen LogP contribution in [0.25, 0.3) is 6.08 Å². The Bertz CT molecular complexity index is 564. The van der Waals surface area contributed by atoms with Crippen molar-refractivity contribution in [2.75, 3.05) is 13.7 Å². The number of nitrogens with zero attached hydrogens (tertiary/aromatic N) is 1. The van der Waals surface area contributed by atoms with E-state index in [-0.39, 0.29) is 10.6 Å². The van der Waals surface area contributed by atoms with Crippen molar-refractivity contribution in [3.05, 3.63) is 27.7 Å². The molecular formula is C13H13BrN2O2S. The maximum atomic E-state index is 8.96. The lowest BCUT2D eigenvalue weighted by molar-refractivity contribution is 0.310. The topological polar surface area (TPSA) is 68.3 Å². The van der Waals surface area contributed by atoms with Gasteiger partial charge in [-0.3, -0.25) is 0 Å². The van der Waals surface area contributed by atoms with E-state index in [1.54, 1.807) is 25.3 Å². The zero-order valence-corrected chi connectivity index (χ0v) is 13.0. The Morgan fingerprint density at radius 1 is 1.53 bits per heavy atom. The van der Waals surface area contributed by atoms with Crippen LogP contribution in [-0.4, -0.2) is 18.7 Å². The van der Waals surface area contributed by atoms with E-state index in [0.29, 0.717) is 18.1 Å². The van der Waals surface area contributed by atoms with Gasteiger partial charge in [0.2, 0.25) is 0 Å². The maximum absolute atomic E-state index is 8.96. The summed E-state index contributed by atoms with van der Waals surface area (Å²) in [6.07, 6.45) is 1.60. The zero-order chi connectivity index (χ0) is 14.4. The molecule has 0 saturated carbocycles. The van der Waals surface area contributed by atoms with Gasteiger partial charge < -0.3 is 15.2 Å². The van der Waals surface area contributed by atoms with Crippen LogP contribution in [0, 0.1) is 11.3 Å². The minimum Gasteiger partial charge on any atom is -0.493 e. The Hall–Kier alpha value is -1.58. The van der Waals surface area contributed by atoms with Crippen molar-refractivity contribution in [2.24, 2.45) is 5.73 Å². The van der Waals surface area contributed by atoms with Crippen LogP contribution in [0.1, 0.15) is 12.5 Å². The first-order chi connectivity index (χ1) is 9.03. The number of thiocarbonyl (C=S) groups is 1. The van der Waals surface area contributed by atoms with Crippen molar-refractivity contribution >= 4 is 39.2 Å². The van der Waals surface area contributed by atoms with Crippen molar-refractivity contribution in [1.82, 2.24) is 0 Å². The molecule has 4 nitrogen and oxygen atoms in total. The number of hydrogen-bond donors (Lipinski definition) is 1. The van der Waals surface area contributed by atoms with Gasteiger partial charge in [0.25, 0.3) is 0 Å². The minimum absolute atomic E-state index is 0.0576. The molecule has 0 aliphatic rings. The van der Waals surface area contributed by atoms with Gasteiger partial charge in [-0.15, -0.1) is 0 Å². The highest BCUT2D eigenvalue weighted by molar-refractivity contribution is 9.10. The van der Waals surface area contributed by atoms with Gasteiger partial charge in [0.1, 0.15) is 11.1 Å². The van der Waals surface area contributed by atoms with E-state index in [1.165, 1.54) is 0 Å². The van der Waals surface area contributed by atoms with Gasteiger partial charge >= 0.3 is 0 Å². The monoisotopic (exact) mass is 340 g/mol. The molecule has 0 amide bonds. The first kappa shape index (κ1) is 15.5. The number of rotatable bonds is 5. The molecule has 0 radical (unpaired) electrons. The first-order valence-corrected chi connectivity index (χ1v) is 6.65. The summed E-state index contributed by atoms with van der Waals surface area (Å²) in [5.74, 6) is 1.21. The largest absolute Gasteiger partial charge is 0.493 e. The van der Waals surface area contributed by atoms with E-state index in [1.807, 2.05) is 13.0 Å². The number of nitriles is 1. The molecular weight excluding hydrogens is 328 g/mol. The summed E-state index contributed by atoms with van der Waals surface area (Å²) in [4.78, 5) is 0.0576. The van der Waals surface area contributed by atoms with Gasteiger partial charge in [0.05, 0.1) is 19.3 Å². The highest BCUT2D eigenvalue weighted by atomic mass is 79.9. The second kappa shape index (κ2) is 7.12. The average Bonchev–Trinajstić information content (AvgIpc) is 2.37. The van der Waals surface area contributed by atoms with Crippen molar-refractivity contribution in [3.63, 3.8) is 0 Å². The Balaban J connectivity index is 3.31. The molecule has 0 heterocycles. The first-order valence-electron chi connectivity index (χ1n) is 5.45. The summed E-state index contributed by atoms with van der Waals surface area (Å²) in [5.41, 5.74) is 6.44. The molecule has 1 aromatic rings. The lowest BCUT2D eigenvalue weighted by atomic mass is 10.1. The second-order valence-corrected chi connectivity index (χ2v) is 4.79. The van der Waals surface area contributed by atoms with Gasteiger partial charge in [-0.05, 0) is 30.7 Å². The van der Waals surface area contributed by atoms with E-state index in [0.717, 1.165) is 10.0 Å². The third-order valence-corrected chi connectivity index (χ3v) is 3.18. The van der Waals surface area contributed by atoms with Crippen LogP contribution < -0.4 is 15.2 Å². The third kappa shape index (κ3) is 3.94. The number of nitrogens with two attached hydrogens (primary N) is 1. The Labute approximate surface area is 125 Å². The van der Waals surface area contributed by atoms with Crippen LogP contribution in [0.15, 0.2) is 22.2 Å². The third-order valence-electron chi connectivity index (χ3n) is 2.27. The summed E-state index contributed by atoms with van der Waals surface area (Å²) in [5, 5.41) is 8.96. The fraction of sp³-hybridized carbons (Fsp3) is 0.231. The van der Waals surface area contributed by atoms with Crippen LogP contribution in [-0.2, 0) is 0 Å². The smallest absolute Gasteiger partial charge is 0.162 e.